The number of hydroxylamine groups is 1. The van der Waals surface area contributed by atoms with Crippen molar-refractivity contribution in [2.45, 2.75) is 38.3 Å². The molecule has 1 fully saturated rings. The molecule has 0 aliphatic heterocycles. The first kappa shape index (κ1) is 14.6. The molecule has 1 aromatic rings. The molecule has 1 aliphatic rings. The smallest absolute Gasteiger partial charge is 0.167 e. The van der Waals surface area contributed by atoms with E-state index in [4.69, 9.17) is 14.3 Å². The third kappa shape index (κ3) is 3.61. The molecular formula is C14H20BrNO3. The van der Waals surface area contributed by atoms with Crippen molar-refractivity contribution in [3.05, 3.63) is 22.2 Å². The molecule has 1 aromatic carbocycles. The Balaban J connectivity index is 2.26. The average Bonchev–Trinajstić information content (AvgIpc) is 2.91. The Morgan fingerprint density at radius 3 is 2.63 bits per heavy atom. The molecule has 0 amide bonds. The lowest BCUT2D eigenvalue weighted by atomic mass is 10.1. The van der Waals surface area contributed by atoms with E-state index in [1.807, 2.05) is 12.1 Å². The van der Waals surface area contributed by atoms with Gasteiger partial charge < -0.3 is 14.3 Å². The van der Waals surface area contributed by atoms with Gasteiger partial charge in [-0.25, -0.2) is 0 Å². The second-order valence-corrected chi connectivity index (χ2v) is 5.46. The number of halogens is 1. The van der Waals surface area contributed by atoms with E-state index in [2.05, 4.69) is 21.4 Å². The first-order valence-electron chi connectivity index (χ1n) is 6.54. The molecule has 0 aromatic heterocycles. The fraction of sp³-hybridized carbons (Fsp3) is 0.571. The van der Waals surface area contributed by atoms with Crippen LogP contribution in [0, 0.1) is 0 Å². The van der Waals surface area contributed by atoms with E-state index in [1.54, 1.807) is 14.2 Å². The number of hydrogen-bond acceptors (Lipinski definition) is 4. The Morgan fingerprint density at radius 1 is 1.26 bits per heavy atom. The molecule has 0 saturated heterocycles. The molecule has 0 heterocycles. The predicted octanol–water partition coefficient (Wildman–Crippen LogP) is 3.43. The van der Waals surface area contributed by atoms with Crippen molar-refractivity contribution in [2.24, 2.45) is 0 Å². The van der Waals surface area contributed by atoms with Crippen LogP contribution in [0.4, 0.5) is 0 Å². The molecule has 5 heteroatoms. The van der Waals surface area contributed by atoms with E-state index in [-0.39, 0.29) is 0 Å². The second kappa shape index (κ2) is 7.12. The van der Waals surface area contributed by atoms with Crippen LogP contribution in [0.25, 0.3) is 0 Å². The number of methoxy groups -OCH3 is 1. The fourth-order valence-corrected chi connectivity index (χ4v) is 2.81. The molecule has 0 radical (unpaired) electrons. The standard InChI is InChI=1S/C14H20BrNO3/c1-17-13-8-7-12(15)11(9-16-18-2)14(13)19-10-5-3-4-6-10/h7-8,10,16H,3-6,9H2,1-2H3. The number of benzene rings is 1. The predicted molar refractivity (Wildman–Crippen MR) is 77.4 cm³/mol. The van der Waals surface area contributed by atoms with Crippen LogP contribution in [0.5, 0.6) is 11.5 Å². The van der Waals surface area contributed by atoms with Crippen LogP contribution in [0.15, 0.2) is 16.6 Å². The first-order valence-corrected chi connectivity index (χ1v) is 7.33. The molecule has 0 spiro atoms. The van der Waals surface area contributed by atoms with Crippen molar-refractivity contribution in [3.63, 3.8) is 0 Å². The zero-order chi connectivity index (χ0) is 13.7. The van der Waals surface area contributed by atoms with E-state index in [0.717, 1.165) is 34.4 Å². The van der Waals surface area contributed by atoms with E-state index >= 15 is 0 Å². The Labute approximate surface area is 122 Å². The van der Waals surface area contributed by atoms with E-state index in [0.29, 0.717) is 12.6 Å². The lowest BCUT2D eigenvalue weighted by Crippen LogP contribution is -2.17. The summed E-state index contributed by atoms with van der Waals surface area (Å²) in [5.74, 6) is 1.58. The Bertz CT molecular complexity index is 419. The van der Waals surface area contributed by atoms with Gasteiger partial charge in [0.05, 0.1) is 26.9 Å². The third-order valence-corrected chi connectivity index (χ3v) is 4.11. The molecular weight excluding hydrogens is 310 g/mol. The van der Waals surface area contributed by atoms with Gasteiger partial charge in [0.25, 0.3) is 0 Å². The lowest BCUT2D eigenvalue weighted by Gasteiger charge is -2.20. The molecule has 0 atom stereocenters. The summed E-state index contributed by atoms with van der Waals surface area (Å²) in [5, 5.41) is 0. The van der Waals surface area contributed by atoms with E-state index < -0.39 is 0 Å². The molecule has 106 valence electrons. The van der Waals surface area contributed by atoms with Gasteiger partial charge in [-0.3, -0.25) is 0 Å². The van der Waals surface area contributed by atoms with Crippen LogP contribution in [0.3, 0.4) is 0 Å². The van der Waals surface area contributed by atoms with Crippen LogP contribution >= 0.6 is 15.9 Å². The van der Waals surface area contributed by atoms with Gasteiger partial charge in [0, 0.05) is 10.0 Å². The summed E-state index contributed by atoms with van der Waals surface area (Å²) >= 11 is 3.56. The van der Waals surface area contributed by atoms with Crippen LogP contribution in [0.1, 0.15) is 31.2 Å². The summed E-state index contributed by atoms with van der Waals surface area (Å²) in [6.45, 7) is 0.566. The zero-order valence-electron chi connectivity index (χ0n) is 11.4. The van der Waals surface area contributed by atoms with Crippen LogP contribution in [0.2, 0.25) is 0 Å². The quantitative estimate of drug-likeness (QED) is 0.811. The molecule has 19 heavy (non-hydrogen) atoms. The summed E-state index contributed by atoms with van der Waals surface area (Å²) in [5.41, 5.74) is 3.88. The molecule has 0 bridgehead atoms. The lowest BCUT2D eigenvalue weighted by molar-refractivity contribution is 0.0850. The minimum Gasteiger partial charge on any atom is -0.493 e. The monoisotopic (exact) mass is 329 g/mol. The molecule has 2 rings (SSSR count). The molecule has 1 aliphatic carbocycles. The zero-order valence-corrected chi connectivity index (χ0v) is 13.0. The van der Waals surface area contributed by atoms with Crippen molar-refractivity contribution in [2.75, 3.05) is 14.2 Å². The summed E-state index contributed by atoms with van der Waals surface area (Å²) in [4.78, 5) is 4.93. The minimum atomic E-state index is 0.296. The second-order valence-electron chi connectivity index (χ2n) is 4.61. The minimum absolute atomic E-state index is 0.296. The number of nitrogens with one attached hydrogen (secondary N) is 1. The van der Waals surface area contributed by atoms with Gasteiger partial charge in [-0.05, 0) is 37.8 Å². The van der Waals surface area contributed by atoms with Gasteiger partial charge in [0.15, 0.2) is 11.5 Å². The van der Waals surface area contributed by atoms with Gasteiger partial charge >= 0.3 is 0 Å². The maximum atomic E-state index is 6.16. The number of hydrogen-bond donors (Lipinski definition) is 1. The summed E-state index contributed by atoms with van der Waals surface area (Å²) in [7, 11) is 3.27. The SMILES string of the molecule is CONCc1c(Br)ccc(OC)c1OC1CCCC1. The highest BCUT2D eigenvalue weighted by molar-refractivity contribution is 9.10. The Morgan fingerprint density at radius 2 is 2.00 bits per heavy atom. The van der Waals surface area contributed by atoms with Crippen molar-refractivity contribution in [3.8, 4) is 11.5 Å². The first-order chi connectivity index (χ1) is 9.26. The third-order valence-electron chi connectivity index (χ3n) is 3.37. The number of ether oxygens (including phenoxy) is 2. The normalized spacial score (nSPS) is 15.7. The summed E-state index contributed by atoms with van der Waals surface area (Å²) in [6.07, 6.45) is 5.02. The summed E-state index contributed by atoms with van der Waals surface area (Å²) < 4.78 is 12.6. The van der Waals surface area contributed by atoms with Crippen molar-refractivity contribution >= 4 is 15.9 Å². The largest absolute Gasteiger partial charge is 0.493 e. The van der Waals surface area contributed by atoms with Gasteiger partial charge in [-0.15, -0.1) is 0 Å². The van der Waals surface area contributed by atoms with Crippen molar-refractivity contribution < 1.29 is 14.3 Å². The molecule has 1 N–H and O–H groups in total. The van der Waals surface area contributed by atoms with Gasteiger partial charge in [-0.2, -0.15) is 5.48 Å². The Hall–Kier alpha value is -0.780. The maximum absolute atomic E-state index is 6.16. The average molecular weight is 330 g/mol. The number of rotatable bonds is 6. The van der Waals surface area contributed by atoms with Gasteiger partial charge in [0.2, 0.25) is 0 Å². The highest BCUT2D eigenvalue weighted by Crippen LogP contribution is 2.38. The summed E-state index contributed by atoms with van der Waals surface area (Å²) in [6, 6.07) is 3.89. The van der Waals surface area contributed by atoms with Gasteiger partial charge in [-0.1, -0.05) is 15.9 Å². The van der Waals surface area contributed by atoms with E-state index in [1.165, 1.54) is 12.8 Å². The van der Waals surface area contributed by atoms with Crippen LogP contribution in [-0.4, -0.2) is 20.3 Å². The molecule has 1 saturated carbocycles. The highest BCUT2D eigenvalue weighted by atomic mass is 79.9. The topological polar surface area (TPSA) is 39.7 Å². The van der Waals surface area contributed by atoms with E-state index in [9.17, 15) is 0 Å². The molecule has 4 nitrogen and oxygen atoms in total. The fourth-order valence-electron chi connectivity index (χ4n) is 2.35. The Kier molecular flexibility index (Phi) is 5.48. The maximum Gasteiger partial charge on any atom is 0.167 e. The van der Waals surface area contributed by atoms with Crippen molar-refractivity contribution in [1.82, 2.24) is 5.48 Å². The van der Waals surface area contributed by atoms with Crippen LogP contribution < -0.4 is 15.0 Å². The molecule has 0 unspecified atom stereocenters. The highest BCUT2D eigenvalue weighted by Gasteiger charge is 2.21. The van der Waals surface area contributed by atoms with Gasteiger partial charge in [0.1, 0.15) is 0 Å². The van der Waals surface area contributed by atoms with Crippen LogP contribution in [-0.2, 0) is 11.4 Å². The van der Waals surface area contributed by atoms with Crippen molar-refractivity contribution in [1.29, 1.82) is 0 Å².